The minimum Gasteiger partial charge on any atom is -0.493 e. The Morgan fingerprint density at radius 1 is 1.16 bits per heavy atom. The first-order valence-electron chi connectivity index (χ1n) is 8.40. The molecule has 0 aliphatic rings. The van der Waals surface area contributed by atoms with Gasteiger partial charge in [0.05, 0.1) is 19.9 Å². The molecule has 0 fully saturated rings. The van der Waals surface area contributed by atoms with Crippen LogP contribution in [0.5, 0.6) is 0 Å². The summed E-state index contributed by atoms with van der Waals surface area (Å²) >= 11 is 1.62. The van der Waals surface area contributed by atoms with Crippen molar-refractivity contribution in [1.82, 2.24) is 4.98 Å². The number of fused-ring (bicyclic) bond motifs is 1. The standard InChI is InChI=1S/C18H22N2O2S.C2H6/c1-5-17(21-3)18(22-4)11-13(2)23-20-16-8-6-7-14-12-19-10-9-15(14)16;1-2/h5-13,20H,1-4H3;1-2H3/b17-5+,18-11+;. The van der Waals surface area contributed by atoms with E-state index in [4.69, 9.17) is 9.47 Å². The van der Waals surface area contributed by atoms with Crippen LogP contribution in [0.2, 0.25) is 0 Å². The molecule has 0 spiro atoms. The maximum absolute atomic E-state index is 5.41. The lowest BCUT2D eigenvalue weighted by atomic mass is 10.1. The number of ether oxygens (including phenoxy) is 2. The third kappa shape index (κ3) is 6.02. The first-order chi connectivity index (χ1) is 12.2. The molecule has 1 aromatic heterocycles. The molecule has 1 heterocycles. The Kier molecular flexibility index (Phi) is 9.55. The van der Waals surface area contributed by atoms with Crippen molar-refractivity contribution in [1.29, 1.82) is 0 Å². The number of hydrogen-bond acceptors (Lipinski definition) is 5. The first kappa shape index (κ1) is 20.9. The Morgan fingerprint density at radius 3 is 2.52 bits per heavy atom. The number of pyridine rings is 1. The van der Waals surface area contributed by atoms with E-state index >= 15 is 0 Å². The Bertz CT molecular complexity index is 708. The number of rotatable bonds is 7. The minimum atomic E-state index is 0.201. The monoisotopic (exact) mass is 360 g/mol. The second-order valence-electron chi connectivity index (χ2n) is 4.92. The molecule has 2 aromatic rings. The molecule has 0 bridgehead atoms. The maximum Gasteiger partial charge on any atom is 0.157 e. The molecule has 0 amide bonds. The molecule has 0 saturated carbocycles. The summed E-state index contributed by atoms with van der Waals surface area (Å²) in [6.45, 7) is 8.03. The van der Waals surface area contributed by atoms with E-state index in [1.165, 1.54) is 0 Å². The van der Waals surface area contributed by atoms with Gasteiger partial charge in [0.25, 0.3) is 0 Å². The lowest BCUT2D eigenvalue weighted by Gasteiger charge is -2.14. The Hall–Kier alpha value is -2.14. The third-order valence-corrected chi connectivity index (χ3v) is 4.21. The van der Waals surface area contributed by atoms with Crippen LogP contribution in [0.4, 0.5) is 5.69 Å². The van der Waals surface area contributed by atoms with E-state index in [1.54, 1.807) is 32.4 Å². The highest BCUT2D eigenvalue weighted by Gasteiger charge is 2.09. The SMILES string of the molecule is C/C=C(OC)\C(=C/C(C)SNc1cccc2cnccc12)OC.CC. The highest BCUT2D eigenvalue weighted by atomic mass is 32.2. The molecular weight excluding hydrogens is 332 g/mol. The Balaban J connectivity index is 0.00000151. The van der Waals surface area contributed by atoms with E-state index in [2.05, 4.69) is 28.8 Å². The molecule has 0 saturated heterocycles. The summed E-state index contributed by atoms with van der Waals surface area (Å²) in [5.74, 6) is 1.47. The highest BCUT2D eigenvalue weighted by Crippen LogP contribution is 2.27. The quantitative estimate of drug-likeness (QED) is 0.384. The fraction of sp³-hybridized carbons (Fsp3) is 0.350. The molecule has 0 aliphatic heterocycles. The zero-order valence-corrected chi connectivity index (χ0v) is 16.7. The van der Waals surface area contributed by atoms with Gasteiger partial charge in [0.15, 0.2) is 11.5 Å². The largest absolute Gasteiger partial charge is 0.493 e. The van der Waals surface area contributed by atoms with Gasteiger partial charge in [0.2, 0.25) is 0 Å². The van der Waals surface area contributed by atoms with Crippen LogP contribution in [0.3, 0.4) is 0 Å². The Labute approximate surface area is 155 Å². The number of anilines is 1. The summed E-state index contributed by atoms with van der Waals surface area (Å²) in [7, 11) is 3.29. The highest BCUT2D eigenvalue weighted by molar-refractivity contribution is 8.01. The van der Waals surface area contributed by atoms with Gasteiger partial charge in [-0.2, -0.15) is 0 Å². The van der Waals surface area contributed by atoms with Gasteiger partial charge in [0, 0.05) is 28.4 Å². The van der Waals surface area contributed by atoms with Gasteiger partial charge in [-0.15, -0.1) is 0 Å². The smallest absolute Gasteiger partial charge is 0.157 e. The Morgan fingerprint density at radius 2 is 1.88 bits per heavy atom. The zero-order chi connectivity index (χ0) is 18.7. The van der Waals surface area contributed by atoms with Crippen molar-refractivity contribution in [2.75, 3.05) is 18.9 Å². The van der Waals surface area contributed by atoms with Crippen LogP contribution in [-0.4, -0.2) is 24.5 Å². The van der Waals surface area contributed by atoms with Crippen molar-refractivity contribution >= 4 is 28.4 Å². The van der Waals surface area contributed by atoms with Gasteiger partial charge in [-0.3, -0.25) is 4.98 Å². The molecule has 1 aromatic carbocycles. The minimum absolute atomic E-state index is 0.201. The number of benzene rings is 1. The molecule has 2 rings (SSSR count). The summed E-state index contributed by atoms with van der Waals surface area (Å²) in [4.78, 5) is 4.16. The summed E-state index contributed by atoms with van der Waals surface area (Å²) in [6.07, 6.45) is 7.59. The average molecular weight is 361 g/mol. The fourth-order valence-corrected chi connectivity index (χ4v) is 2.91. The second-order valence-corrected chi connectivity index (χ2v) is 6.10. The van der Waals surface area contributed by atoms with Crippen LogP contribution in [-0.2, 0) is 9.47 Å². The van der Waals surface area contributed by atoms with Crippen LogP contribution in [0.25, 0.3) is 10.8 Å². The summed E-state index contributed by atoms with van der Waals surface area (Å²) in [6, 6.07) is 8.16. The lowest BCUT2D eigenvalue weighted by Crippen LogP contribution is -2.03. The third-order valence-electron chi connectivity index (χ3n) is 3.37. The van der Waals surface area contributed by atoms with E-state index in [1.807, 2.05) is 51.3 Å². The van der Waals surface area contributed by atoms with Crippen molar-refractivity contribution in [3.63, 3.8) is 0 Å². The zero-order valence-electron chi connectivity index (χ0n) is 15.9. The fourth-order valence-electron chi connectivity index (χ4n) is 2.23. The van der Waals surface area contributed by atoms with Crippen molar-refractivity contribution < 1.29 is 9.47 Å². The molecular formula is C20H28N2O2S. The number of hydrogen-bond donors (Lipinski definition) is 1. The predicted octanol–water partition coefficient (Wildman–Crippen LogP) is 5.79. The van der Waals surface area contributed by atoms with Gasteiger partial charge < -0.3 is 14.2 Å². The molecule has 25 heavy (non-hydrogen) atoms. The van der Waals surface area contributed by atoms with Gasteiger partial charge in [0.1, 0.15) is 0 Å². The van der Waals surface area contributed by atoms with Gasteiger partial charge >= 0.3 is 0 Å². The summed E-state index contributed by atoms with van der Waals surface area (Å²) in [5.41, 5.74) is 1.08. The van der Waals surface area contributed by atoms with E-state index in [0.717, 1.165) is 28.0 Å². The molecule has 0 radical (unpaired) electrons. The molecule has 1 N–H and O–H groups in total. The molecule has 5 heteroatoms. The van der Waals surface area contributed by atoms with Gasteiger partial charge in [-0.05, 0) is 50.1 Å². The van der Waals surface area contributed by atoms with Gasteiger partial charge in [-0.25, -0.2) is 0 Å². The van der Waals surface area contributed by atoms with Crippen molar-refractivity contribution in [2.45, 2.75) is 32.9 Å². The van der Waals surface area contributed by atoms with Gasteiger partial charge in [-0.1, -0.05) is 26.0 Å². The van der Waals surface area contributed by atoms with Crippen molar-refractivity contribution in [3.05, 3.63) is 60.3 Å². The molecule has 136 valence electrons. The van der Waals surface area contributed by atoms with Crippen LogP contribution in [0.1, 0.15) is 27.7 Å². The molecule has 4 nitrogen and oxygen atoms in total. The topological polar surface area (TPSA) is 43.4 Å². The predicted molar refractivity (Wildman–Crippen MR) is 110 cm³/mol. The van der Waals surface area contributed by atoms with Crippen LogP contribution in [0, 0.1) is 0 Å². The average Bonchev–Trinajstić information content (AvgIpc) is 2.68. The number of nitrogens with zero attached hydrogens (tertiary/aromatic N) is 1. The van der Waals surface area contributed by atoms with Crippen LogP contribution < -0.4 is 4.72 Å². The number of nitrogens with one attached hydrogen (secondary N) is 1. The number of methoxy groups -OCH3 is 2. The van der Waals surface area contributed by atoms with E-state index < -0.39 is 0 Å². The number of allylic oxidation sites excluding steroid dienone is 1. The molecule has 0 aliphatic carbocycles. The van der Waals surface area contributed by atoms with Crippen LogP contribution in [0.15, 0.2) is 60.3 Å². The van der Waals surface area contributed by atoms with Crippen molar-refractivity contribution in [2.24, 2.45) is 0 Å². The number of aromatic nitrogens is 1. The van der Waals surface area contributed by atoms with E-state index in [-0.39, 0.29) is 5.25 Å². The maximum atomic E-state index is 5.41. The molecule has 1 unspecified atom stereocenters. The van der Waals surface area contributed by atoms with Crippen molar-refractivity contribution in [3.8, 4) is 0 Å². The summed E-state index contributed by atoms with van der Waals surface area (Å²) in [5, 5.41) is 2.48. The normalized spacial score (nSPS) is 12.9. The second kappa shape index (κ2) is 11.4. The lowest BCUT2D eigenvalue weighted by molar-refractivity contribution is 0.219. The molecule has 1 atom stereocenters. The van der Waals surface area contributed by atoms with E-state index in [9.17, 15) is 0 Å². The first-order valence-corrected chi connectivity index (χ1v) is 9.28. The van der Waals surface area contributed by atoms with Crippen LogP contribution >= 0.6 is 11.9 Å². The van der Waals surface area contributed by atoms with E-state index in [0.29, 0.717) is 0 Å². The summed E-state index contributed by atoms with van der Waals surface area (Å²) < 4.78 is 14.1.